The van der Waals surface area contributed by atoms with E-state index in [-0.39, 0.29) is 72.5 Å². The predicted molar refractivity (Wildman–Crippen MR) is 525 cm³/mol. The fourth-order valence-corrected chi connectivity index (χ4v) is 18.9. The van der Waals surface area contributed by atoms with E-state index in [2.05, 4.69) is 102 Å². The normalized spacial score (nSPS) is 13.2. The first kappa shape index (κ1) is 130. The van der Waals surface area contributed by atoms with Crippen LogP contribution in [-0.4, -0.2) is 255 Å². The van der Waals surface area contributed by atoms with Crippen LogP contribution in [-0.2, 0) is 148 Å². The quantitative estimate of drug-likeness (QED) is 0.00166. The molecule has 1 aromatic heterocycles. The van der Waals surface area contributed by atoms with Gasteiger partial charge in [-0.1, -0.05) is 104 Å². The number of carbonyl (C=O) groups is 7. The number of aldehydes is 2. The molecule has 13 rings (SSSR count). The minimum absolute atomic E-state index is 0.0347. The Hall–Kier alpha value is -14.6. The molecule has 0 bridgehead atoms. The average Bonchev–Trinajstić information content (AvgIpc) is 1.72. The Morgan fingerprint density at radius 3 is 1.04 bits per heavy atom. The van der Waals surface area contributed by atoms with Crippen LogP contribution in [0.25, 0.3) is 62.7 Å². The molecule has 7 aromatic carbocycles. The molecule has 0 spiro atoms. The van der Waals surface area contributed by atoms with Gasteiger partial charge in [0.25, 0.3) is 6.33 Å². The van der Waals surface area contributed by atoms with Crippen molar-refractivity contribution in [3.8, 4) is 28.7 Å². The minimum Gasteiger partial charge on any atom is -0.750 e. The molecular formula is C89H115N24O33PbS2-. The molecule has 13 N–H and O–H groups in total. The Labute approximate surface area is 862 Å². The number of phenols is 5. The molecule has 8 aromatic rings. The number of aliphatic hydroxyl groups excluding tert-OH is 2. The number of aromatic nitrogens is 2. The third-order valence-electron chi connectivity index (χ3n) is 18.2. The largest absolute Gasteiger partial charge is 0.750 e. The summed E-state index contributed by atoms with van der Waals surface area (Å²) in [5.74, 6) is -2.96. The number of imidazole rings is 1. The summed E-state index contributed by atoms with van der Waals surface area (Å²) in [5.41, 5.74) is 73.4. The summed E-state index contributed by atoms with van der Waals surface area (Å²) >= 11 is -8.31. The fraction of sp³-hybridized carbons (Fsp3) is 0.404. The molecule has 5 fully saturated rings. The number of nitrogens with one attached hydrogen (secondary N) is 2. The van der Waals surface area contributed by atoms with Crippen molar-refractivity contribution in [2.24, 2.45) is 46.7 Å². The number of amides is 1. The number of aromatic amines is 1. The van der Waals surface area contributed by atoms with Gasteiger partial charge in [0.05, 0.1) is 99.3 Å². The summed E-state index contributed by atoms with van der Waals surface area (Å²) < 4.78 is 113. The van der Waals surface area contributed by atoms with Crippen LogP contribution in [0.1, 0.15) is 153 Å². The zero-order valence-corrected chi connectivity index (χ0v) is 86.6. The Bertz CT molecular complexity index is 5680. The monoisotopic (exact) mass is 2320 g/mol. The Morgan fingerprint density at radius 2 is 0.758 bits per heavy atom. The van der Waals surface area contributed by atoms with E-state index < -0.39 is 68.4 Å². The van der Waals surface area contributed by atoms with Crippen molar-refractivity contribution < 1.29 is 153 Å². The van der Waals surface area contributed by atoms with Gasteiger partial charge in [0.2, 0.25) is 6.41 Å². The zero-order chi connectivity index (χ0) is 110. The van der Waals surface area contributed by atoms with Crippen LogP contribution in [0, 0.1) is 0 Å². The third-order valence-corrected chi connectivity index (χ3v) is 27.7. The van der Waals surface area contributed by atoms with Crippen molar-refractivity contribution in [1.82, 2.24) is 10.4 Å². The van der Waals surface area contributed by atoms with Gasteiger partial charge in [0.1, 0.15) is 41.1 Å². The molecule has 0 radical (unpaired) electrons. The maximum atomic E-state index is 10.9. The third kappa shape index (κ3) is 57.9. The molecule has 5 aliphatic heterocycles. The number of aromatic hydroxyl groups is 5. The van der Waals surface area contributed by atoms with Gasteiger partial charge in [-0.3, -0.25) is 14.4 Å². The second-order valence-electron chi connectivity index (χ2n) is 29.1. The van der Waals surface area contributed by atoms with Gasteiger partial charge in [-0.15, -0.1) is 3.97 Å². The number of hydrazone groups is 1. The van der Waals surface area contributed by atoms with E-state index in [1.54, 1.807) is 60.7 Å². The first-order valence-electron chi connectivity index (χ1n) is 44.4. The summed E-state index contributed by atoms with van der Waals surface area (Å²) in [5, 5.41) is 90.2. The molecule has 1 atom stereocenters. The fourth-order valence-electron chi connectivity index (χ4n) is 11.9. The summed E-state index contributed by atoms with van der Waals surface area (Å²) in [7, 11) is -3.87. The van der Waals surface area contributed by atoms with Crippen molar-refractivity contribution in [3.63, 3.8) is 0 Å². The molecule has 6 heterocycles. The molecule has 1 amide bonds. The molecule has 0 saturated carbocycles. The van der Waals surface area contributed by atoms with Crippen molar-refractivity contribution >= 4 is 93.6 Å². The van der Waals surface area contributed by atoms with Gasteiger partial charge < -0.3 is 104 Å². The van der Waals surface area contributed by atoms with Crippen molar-refractivity contribution in [3.05, 3.63) is 299 Å². The van der Waals surface area contributed by atoms with Crippen LogP contribution in [0.5, 0.6) is 28.7 Å². The van der Waals surface area contributed by atoms with E-state index in [0.717, 1.165) is 114 Å². The number of rotatable bonds is 36. The van der Waals surface area contributed by atoms with Gasteiger partial charge in [-0.25, -0.2) is 14.6 Å². The minimum atomic E-state index is -5.43. The number of ether oxygens (including phenoxy) is 9. The number of aliphatic hydroxyl groups is 2. The molecule has 149 heavy (non-hydrogen) atoms. The van der Waals surface area contributed by atoms with Gasteiger partial charge in [-0.2, -0.15) is 13.5 Å². The van der Waals surface area contributed by atoms with Crippen LogP contribution in [0.4, 0.5) is 0 Å². The van der Waals surface area contributed by atoms with Crippen LogP contribution in [0.15, 0.2) is 193 Å². The molecule has 57 nitrogen and oxygen atoms in total. The van der Waals surface area contributed by atoms with Crippen molar-refractivity contribution in [2.45, 2.75) is 111 Å². The van der Waals surface area contributed by atoms with E-state index in [0.29, 0.717) is 161 Å². The van der Waals surface area contributed by atoms with Gasteiger partial charge >= 0.3 is 115 Å². The van der Waals surface area contributed by atoms with Crippen molar-refractivity contribution in [1.29, 1.82) is 0 Å². The SMILES string of the molecule is C1CCOC1.CC(=O)[O][Pb]([O]C(C)=O)([O]C(C)=O)[O]C(C)=O.NCCc1ccc(C2OCCO2)c(C2OCCO2)c1.NCCc1ccc(O)cc1.O=S([O-])O[O-].OCCO.[N-]=[N+]=NCCc1ccc(C2OCCO2)c(C2OCCO2)c1.[N-]=[N+]=NCCc1ccc(O)c(/C=N/NC=O)c1.[N-]=[N+]=NCCc1ccc(O)c(C=O)c1.[N-]=[N+]=NCCc1ccc(O)c(C=O)c1.[N-]=[N+]=NCCc1ccc(O)cc1.[N-]=[N+]=NS(=O)(=O)[n+]1cc[nH]c1. The first-order chi connectivity index (χ1) is 71.8. The number of nitrogens with two attached hydrogens (primary N) is 2. The molecule has 806 valence electrons. The molecule has 5 saturated heterocycles. The number of phenolic OH excluding ortho intramolecular Hbond substituents is 5. The second kappa shape index (κ2) is 79.6. The summed E-state index contributed by atoms with van der Waals surface area (Å²) in [4.78, 5) is 92.3. The summed E-state index contributed by atoms with van der Waals surface area (Å²) in [6, 6.07) is 40.5. The van der Waals surface area contributed by atoms with Crippen LogP contribution in [0.2, 0.25) is 0 Å². The van der Waals surface area contributed by atoms with Crippen LogP contribution in [0.3, 0.4) is 0 Å². The standard InChI is InChI=1S/C14H17N3O4.C14H19NO4.C10H11N5O2.2C9H9N3O2.C8H9N3O.C8H11NO.C4H8O.C3H3N5O2S.4C2H4O2.C2H6O2.H2O4S.Pb/c15-17-16-4-3-10-1-2-11(13-18-5-6-19-13)12(9-10)14-20-7-8-21-14;15-4-3-10-1-2-11(13-16-5-6-17-13)12(9-10)14-18-7-8-19-14;11-15-12-4-3-8-1-2-10(17)9(5-8)6-13-14-7-16;2*10-12-11-4-3-7-1-2-9(14)8(5-7)6-13;9-11-10-6-5-7-1-3-8(12)4-2-7;9-6-5-7-1-3-8(10)4-2-7;1-2-4-5-3-1;4-6-7-11(9,10)8-2-1-5-3-8;4*1-2(3)4;3-1-2-4;1-4-5(2)3;/h1-2,9,13-14H,3-8H2;1-2,9,13-14H,3-8,15H2;1-2,5-7,17H,3-4H2,(H,14,16);2*1-2,5-6,14H,3-4H2;1-4,12H,5-6H2;1-4,10H,5-6,9H2;1-4H2;1-3H;4*1H3,(H,3,4);3-4H,1-2H2;1H,(H,2,3);/q;;;;;;;;;;;;;;;+4/p-5/b;;13-6+;;;;;;;;;;;;;. The van der Waals surface area contributed by atoms with E-state index in [1.165, 1.54) is 60.8 Å². The van der Waals surface area contributed by atoms with Gasteiger partial charge in [0.15, 0.2) is 37.7 Å². The number of H-pyrrole nitrogens is 1. The Kier molecular flexibility index (Phi) is 69.6. The summed E-state index contributed by atoms with van der Waals surface area (Å²) in [6.07, 6.45) is 12.7. The van der Waals surface area contributed by atoms with E-state index in [4.69, 9.17) is 122 Å². The van der Waals surface area contributed by atoms with Crippen LogP contribution >= 0.6 is 0 Å². The van der Waals surface area contributed by atoms with Gasteiger partial charge in [0, 0.05) is 103 Å². The molecule has 1 unspecified atom stereocenters. The topological polar surface area (TPSA) is 876 Å². The number of benzene rings is 7. The molecule has 60 heteroatoms. The number of nitrogens with zero attached hydrogens (tertiary/aromatic N) is 20. The average molecular weight is 2320 g/mol. The smallest absolute Gasteiger partial charge is 0.398 e. The number of azide groups is 6. The van der Waals surface area contributed by atoms with Crippen LogP contribution < -0.4 is 26.1 Å². The van der Waals surface area contributed by atoms with E-state index in [1.807, 2.05) is 48.5 Å². The maximum Gasteiger partial charge on any atom is 0.398 e. The van der Waals surface area contributed by atoms with Crippen molar-refractivity contribution in [2.75, 3.05) is 125 Å². The van der Waals surface area contributed by atoms with E-state index in [9.17, 15) is 57.3 Å². The van der Waals surface area contributed by atoms with Gasteiger partial charge in [-0.05, 0) is 204 Å². The number of hydrogen-bond acceptors (Lipinski definition) is 41. The molecule has 0 aliphatic carbocycles. The number of carbonyl (C=O) groups excluding carboxylic acids is 7. The zero-order valence-electron chi connectivity index (χ0n) is 81.1. The molecule has 5 aliphatic rings. The Morgan fingerprint density at radius 1 is 0.463 bits per heavy atom. The summed E-state index contributed by atoms with van der Waals surface area (Å²) in [6.45, 7) is 13.8. The Balaban J connectivity index is 0.000000561. The predicted octanol–water partition coefficient (Wildman–Crippen LogP) is 9.71. The second-order valence-corrected chi connectivity index (χ2v) is 38.2. The first-order valence-corrected chi connectivity index (χ1v) is 53.1. The molecular weight excluding hydrogens is 2200 g/mol. The van der Waals surface area contributed by atoms with E-state index >= 15 is 0 Å². The maximum absolute atomic E-state index is 10.9. The number of hydrogen-bond donors (Lipinski definition) is 11.